The molecule has 0 spiro atoms. The van der Waals surface area contributed by atoms with Crippen LogP contribution in [0.25, 0.3) is 0 Å². The maximum absolute atomic E-state index is 8.25. The van der Waals surface area contributed by atoms with Crippen LogP contribution in [0.2, 0.25) is 0 Å². The molecule has 0 aromatic rings. The van der Waals surface area contributed by atoms with E-state index >= 15 is 0 Å². The molecule has 0 aliphatic carbocycles. The predicted octanol–water partition coefficient (Wildman–Crippen LogP) is -0.328. The number of halogens is 1. The fraction of sp³-hybridized carbons (Fsp3) is 0. The van der Waals surface area contributed by atoms with Crippen LogP contribution in [0.5, 0.6) is 0 Å². The Morgan fingerprint density at radius 2 is 0.800 bits per heavy atom. The fourth-order valence-corrected chi connectivity index (χ4v) is 0. The van der Waals surface area contributed by atoms with Crippen LogP contribution < -0.4 is 0 Å². The van der Waals surface area contributed by atoms with Crippen molar-refractivity contribution in [3.05, 3.63) is 30.6 Å². The van der Waals surface area contributed by atoms with Crippen molar-refractivity contribution in [2.75, 3.05) is 0 Å². The van der Waals surface area contributed by atoms with Crippen LogP contribution in [0.4, 0.5) is 4.70 Å². The van der Waals surface area contributed by atoms with E-state index in [4.69, 9.17) is 30.6 Å². The van der Waals surface area contributed by atoms with Crippen molar-refractivity contribution in [1.82, 2.24) is 0 Å². The van der Waals surface area contributed by atoms with Crippen molar-refractivity contribution < 1.29 is 31.4 Å². The molecule has 0 unspecified atom stereocenters. The van der Waals surface area contributed by atoms with Crippen LogP contribution in [0, 0.1) is 30.6 Å². The van der Waals surface area contributed by atoms with Gasteiger partial charge in [0.1, 0.15) is 0 Å². The predicted molar refractivity (Wildman–Crippen MR) is 23.2 cm³/mol. The van der Waals surface area contributed by atoms with Gasteiger partial charge < -0.3 is 30.6 Å². The summed E-state index contributed by atoms with van der Waals surface area (Å²) in [6, 6.07) is 0. The van der Waals surface area contributed by atoms with Gasteiger partial charge in [-0.1, -0.05) is 0 Å². The first kappa shape index (κ1) is 23.2. The van der Waals surface area contributed by atoms with Crippen molar-refractivity contribution in [1.29, 1.82) is 0 Å². The average molecular weight is 203 g/mol. The molecule has 0 saturated heterocycles. The summed E-state index contributed by atoms with van der Waals surface area (Å²) in [6.45, 7) is 0. The standard InChI is InChI=1S/FH.2NO3.Ni/c;2*2-1(3)4;/h1H;;;/q;2*-1;+2. The van der Waals surface area contributed by atoms with Crippen LogP contribution in [-0.2, 0) is 16.5 Å². The topological polar surface area (TPSA) is 132 Å². The quantitative estimate of drug-likeness (QED) is 0.300. The van der Waals surface area contributed by atoms with Gasteiger partial charge in [-0.05, 0) is 0 Å². The van der Waals surface area contributed by atoms with Crippen LogP contribution in [0.15, 0.2) is 0 Å². The molecule has 64 valence electrons. The molecule has 0 aliphatic rings. The minimum absolute atomic E-state index is 0. The monoisotopic (exact) mass is 202 g/mol. The molecular formula is HFN2NiO6. The van der Waals surface area contributed by atoms with Gasteiger partial charge in [0, 0.05) is 0 Å². The second kappa shape index (κ2) is 15.7. The third-order valence-electron chi connectivity index (χ3n) is 0. The van der Waals surface area contributed by atoms with Gasteiger partial charge in [-0.25, -0.2) is 0 Å². The van der Waals surface area contributed by atoms with Gasteiger partial charge in [-0.2, -0.15) is 0 Å². The zero-order valence-corrected chi connectivity index (χ0v) is 5.06. The summed E-state index contributed by atoms with van der Waals surface area (Å²) in [5.41, 5.74) is 0. The van der Waals surface area contributed by atoms with E-state index in [0.29, 0.717) is 0 Å². The molecule has 0 radical (unpaired) electrons. The maximum atomic E-state index is 8.25. The molecule has 0 aromatic heterocycles. The molecule has 0 saturated carbocycles. The third-order valence-corrected chi connectivity index (χ3v) is 0. The first-order valence-electron chi connectivity index (χ1n) is 1.10. The largest absolute Gasteiger partial charge is 2.00 e. The fourth-order valence-electron chi connectivity index (χ4n) is 0. The molecule has 0 rings (SSSR count). The van der Waals surface area contributed by atoms with E-state index in [2.05, 4.69) is 0 Å². The SMILES string of the molecule is F.O=[N+]([O-])[O-].O=[N+]([O-])[O-].[Ni+2]. The zero-order valence-electron chi connectivity index (χ0n) is 4.07. The van der Waals surface area contributed by atoms with E-state index in [1.807, 2.05) is 0 Å². The number of nitrogens with zero attached hydrogens (tertiary/aromatic N) is 2. The van der Waals surface area contributed by atoms with Gasteiger partial charge in [0.25, 0.3) is 0 Å². The van der Waals surface area contributed by atoms with Gasteiger partial charge >= 0.3 is 16.5 Å². The smallest absolute Gasteiger partial charge is 0.356 e. The second-order valence-corrected chi connectivity index (χ2v) is 0.447. The summed E-state index contributed by atoms with van der Waals surface area (Å²) in [5, 5.41) is 29.5. The molecule has 0 aromatic carbocycles. The van der Waals surface area contributed by atoms with Gasteiger partial charge in [0.15, 0.2) is 0 Å². The van der Waals surface area contributed by atoms with E-state index in [-0.39, 0.29) is 21.2 Å². The summed E-state index contributed by atoms with van der Waals surface area (Å²) in [6.07, 6.45) is 0. The molecular weight excluding hydrogens is 202 g/mol. The summed E-state index contributed by atoms with van der Waals surface area (Å²) < 4.78 is 0. The number of hydrogen-bond donors (Lipinski definition) is 0. The first-order valence-corrected chi connectivity index (χ1v) is 1.10. The second-order valence-electron chi connectivity index (χ2n) is 0.447. The Morgan fingerprint density at radius 1 is 0.800 bits per heavy atom. The minimum Gasteiger partial charge on any atom is -0.356 e. The van der Waals surface area contributed by atoms with Crippen molar-refractivity contribution in [2.45, 2.75) is 0 Å². The number of rotatable bonds is 0. The molecule has 0 bridgehead atoms. The van der Waals surface area contributed by atoms with Gasteiger partial charge in [0.05, 0.1) is 10.2 Å². The van der Waals surface area contributed by atoms with Crippen molar-refractivity contribution in [3.8, 4) is 0 Å². The van der Waals surface area contributed by atoms with Gasteiger partial charge in [-0.15, -0.1) is 0 Å². The van der Waals surface area contributed by atoms with E-state index in [1.165, 1.54) is 0 Å². The average Bonchev–Trinajstić information content (AvgIpc) is 1.25. The van der Waals surface area contributed by atoms with Crippen molar-refractivity contribution in [2.24, 2.45) is 0 Å². The van der Waals surface area contributed by atoms with Crippen molar-refractivity contribution in [3.63, 3.8) is 0 Å². The van der Waals surface area contributed by atoms with Gasteiger partial charge in [-0.3, -0.25) is 4.70 Å². The molecule has 0 fully saturated rings. The summed E-state index contributed by atoms with van der Waals surface area (Å²) in [5.74, 6) is 0. The molecule has 0 N–H and O–H groups in total. The molecule has 0 amide bonds. The maximum Gasteiger partial charge on any atom is 2.00 e. The summed E-state index contributed by atoms with van der Waals surface area (Å²) in [7, 11) is 0. The molecule has 0 atom stereocenters. The summed E-state index contributed by atoms with van der Waals surface area (Å²) >= 11 is 0. The first-order chi connectivity index (χ1) is 3.46. The van der Waals surface area contributed by atoms with E-state index < -0.39 is 10.2 Å². The third kappa shape index (κ3) is 167. The number of hydrogen-bond acceptors (Lipinski definition) is 6. The van der Waals surface area contributed by atoms with E-state index in [1.54, 1.807) is 0 Å². The van der Waals surface area contributed by atoms with Crippen LogP contribution in [-0.4, -0.2) is 10.2 Å². The molecule has 0 aliphatic heterocycles. The normalized spacial score (nSPS) is 4.80. The van der Waals surface area contributed by atoms with Crippen LogP contribution in [0.1, 0.15) is 0 Å². The molecule has 10 heteroatoms. The Hall–Kier alpha value is -1.18. The molecule has 10 heavy (non-hydrogen) atoms. The van der Waals surface area contributed by atoms with E-state index in [0.717, 1.165) is 0 Å². The van der Waals surface area contributed by atoms with Crippen molar-refractivity contribution >= 4 is 0 Å². The Bertz CT molecular complexity index is 73.7. The van der Waals surface area contributed by atoms with Gasteiger partial charge in [0.2, 0.25) is 0 Å². The molecule has 8 nitrogen and oxygen atoms in total. The minimum atomic E-state index is -1.75. The van der Waals surface area contributed by atoms with Crippen LogP contribution >= 0.6 is 0 Å². The Labute approximate surface area is 63.0 Å². The Kier molecular flexibility index (Phi) is 36.3. The Morgan fingerprint density at radius 3 is 0.800 bits per heavy atom. The Balaban J connectivity index is -0.0000000300. The summed E-state index contributed by atoms with van der Waals surface area (Å²) in [4.78, 5) is 16.5. The molecule has 0 heterocycles. The van der Waals surface area contributed by atoms with Crippen LogP contribution in [0.3, 0.4) is 0 Å². The zero-order chi connectivity index (χ0) is 7.15. The van der Waals surface area contributed by atoms with E-state index in [9.17, 15) is 0 Å².